The molecular weight excluding hydrogens is 128 g/mol. The van der Waals surface area contributed by atoms with Gasteiger partial charge in [0.05, 0.1) is 0 Å². The average molecular weight is 133 g/mol. The highest BCUT2D eigenvalue weighted by atomic mass is 19.3. The number of rotatable bonds is 2. The summed E-state index contributed by atoms with van der Waals surface area (Å²) in [6, 6.07) is 0. The molecule has 0 amide bonds. The summed E-state index contributed by atoms with van der Waals surface area (Å²) in [7, 11) is 0. The lowest BCUT2D eigenvalue weighted by molar-refractivity contribution is 0.121. The van der Waals surface area contributed by atoms with E-state index >= 15 is 0 Å². The van der Waals surface area contributed by atoms with E-state index in [4.69, 9.17) is 0 Å². The first kappa shape index (κ1) is 6.12. The van der Waals surface area contributed by atoms with Gasteiger partial charge in [-0.1, -0.05) is 0 Å². The van der Waals surface area contributed by atoms with Crippen LogP contribution in [0.3, 0.4) is 0 Å². The Morgan fingerprint density at radius 2 is 2.33 bits per heavy atom. The molecule has 0 unspecified atom stereocenters. The molecule has 9 heavy (non-hydrogen) atoms. The van der Waals surface area contributed by atoms with Gasteiger partial charge in [0.15, 0.2) is 0 Å². The van der Waals surface area contributed by atoms with Crippen molar-refractivity contribution in [1.29, 1.82) is 0 Å². The van der Waals surface area contributed by atoms with Crippen molar-refractivity contribution in [3.8, 4) is 0 Å². The average Bonchev–Trinajstić information content (AvgIpc) is 2.15. The van der Waals surface area contributed by atoms with E-state index in [0.717, 1.165) is 4.68 Å². The Morgan fingerprint density at radius 3 is 2.78 bits per heavy atom. The third kappa shape index (κ3) is 1.75. The molecule has 0 N–H and O–H groups in total. The third-order valence-corrected chi connectivity index (χ3v) is 0.792. The second-order valence-corrected chi connectivity index (χ2v) is 1.51. The molecule has 1 aromatic rings. The molecule has 5 heteroatoms. The Hall–Kier alpha value is -1.00. The molecule has 0 aliphatic heterocycles. The zero-order valence-corrected chi connectivity index (χ0v) is 4.54. The Kier molecular flexibility index (Phi) is 1.72. The standard InChI is InChI=1S/C4H5F2N3/c5-4(6)1-9-3-7-2-8-9/h2-4H,1H2. The van der Waals surface area contributed by atoms with Crippen molar-refractivity contribution in [3.63, 3.8) is 0 Å². The molecule has 0 spiro atoms. The predicted octanol–water partition coefficient (Wildman–Crippen LogP) is 0.543. The zero-order chi connectivity index (χ0) is 6.69. The van der Waals surface area contributed by atoms with Crippen LogP contribution >= 0.6 is 0 Å². The van der Waals surface area contributed by atoms with Crippen LogP contribution < -0.4 is 0 Å². The van der Waals surface area contributed by atoms with Crippen LogP contribution in [-0.2, 0) is 6.54 Å². The first-order valence-corrected chi connectivity index (χ1v) is 2.39. The van der Waals surface area contributed by atoms with Crippen LogP contribution in [0.15, 0.2) is 12.7 Å². The van der Waals surface area contributed by atoms with Crippen molar-refractivity contribution in [2.45, 2.75) is 13.0 Å². The second kappa shape index (κ2) is 2.52. The molecule has 1 rings (SSSR count). The van der Waals surface area contributed by atoms with Crippen LogP contribution in [0.5, 0.6) is 0 Å². The molecule has 0 atom stereocenters. The summed E-state index contributed by atoms with van der Waals surface area (Å²) in [5.74, 6) is 0. The summed E-state index contributed by atoms with van der Waals surface area (Å²) in [4.78, 5) is 3.49. The van der Waals surface area contributed by atoms with Crippen LogP contribution in [0.4, 0.5) is 8.78 Å². The third-order valence-electron chi connectivity index (χ3n) is 0.792. The van der Waals surface area contributed by atoms with Crippen molar-refractivity contribution < 1.29 is 8.78 Å². The molecule has 0 aliphatic rings. The molecule has 0 aromatic carbocycles. The number of alkyl halides is 2. The van der Waals surface area contributed by atoms with E-state index in [9.17, 15) is 8.78 Å². The summed E-state index contributed by atoms with van der Waals surface area (Å²) in [6.07, 6.45) is 0.126. The molecule has 0 bridgehead atoms. The molecule has 3 nitrogen and oxygen atoms in total. The number of aromatic nitrogens is 3. The normalized spacial score (nSPS) is 10.6. The quantitative estimate of drug-likeness (QED) is 0.589. The van der Waals surface area contributed by atoms with E-state index in [0.29, 0.717) is 0 Å². The van der Waals surface area contributed by atoms with Crippen LogP contribution in [0.2, 0.25) is 0 Å². The van der Waals surface area contributed by atoms with Gasteiger partial charge < -0.3 is 0 Å². The lowest BCUT2D eigenvalue weighted by atomic mass is 10.7. The van der Waals surface area contributed by atoms with E-state index in [1.807, 2.05) is 0 Å². The second-order valence-electron chi connectivity index (χ2n) is 1.51. The van der Waals surface area contributed by atoms with Crippen molar-refractivity contribution >= 4 is 0 Å². The maximum atomic E-state index is 11.5. The highest BCUT2D eigenvalue weighted by Gasteiger charge is 2.02. The maximum Gasteiger partial charge on any atom is 0.257 e. The number of halogens is 2. The predicted molar refractivity (Wildman–Crippen MR) is 26.0 cm³/mol. The molecule has 0 saturated heterocycles. The molecule has 1 heterocycles. The lowest BCUT2D eigenvalue weighted by Gasteiger charge is -1.95. The molecule has 0 saturated carbocycles. The van der Waals surface area contributed by atoms with E-state index in [-0.39, 0.29) is 6.54 Å². The van der Waals surface area contributed by atoms with Crippen molar-refractivity contribution in [2.24, 2.45) is 0 Å². The van der Waals surface area contributed by atoms with Crippen molar-refractivity contribution in [3.05, 3.63) is 12.7 Å². The Morgan fingerprint density at radius 1 is 1.56 bits per heavy atom. The van der Waals surface area contributed by atoms with E-state index in [2.05, 4.69) is 10.1 Å². The van der Waals surface area contributed by atoms with Gasteiger partial charge in [-0.3, -0.25) is 0 Å². The molecule has 50 valence electrons. The maximum absolute atomic E-state index is 11.5. The van der Waals surface area contributed by atoms with Crippen LogP contribution in [0, 0.1) is 0 Å². The summed E-state index contributed by atoms with van der Waals surface area (Å²) in [5.41, 5.74) is 0. The van der Waals surface area contributed by atoms with Crippen molar-refractivity contribution in [1.82, 2.24) is 14.8 Å². The van der Waals surface area contributed by atoms with Crippen molar-refractivity contribution in [2.75, 3.05) is 0 Å². The van der Waals surface area contributed by atoms with Gasteiger partial charge in [-0.15, -0.1) is 0 Å². The minimum atomic E-state index is -2.35. The van der Waals surface area contributed by atoms with Crippen LogP contribution in [0.25, 0.3) is 0 Å². The van der Waals surface area contributed by atoms with Gasteiger partial charge in [-0.05, 0) is 0 Å². The number of hydrogen-bond donors (Lipinski definition) is 0. The van der Waals surface area contributed by atoms with Crippen LogP contribution in [-0.4, -0.2) is 21.2 Å². The van der Waals surface area contributed by atoms with Gasteiger partial charge in [0.25, 0.3) is 6.43 Å². The Bertz CT molecular complexity index is 160. The summed E-state index contributed by atoms with van der Waals surface area (Å²) in [6.45, 7) is -0.375. The number of hydrogen-bond acceptors (Lipinski definition) is 2. The highest BCUT2D eigenvalue weighted by molar-refractivity contribution is 4.55. The molecule has 1 aromatic heterocycles. The SMILES string of the molecule is FC(F)Cn1cncn1. The smallest absolute Gasteiger partial charge is 0.247 e. The molecular formula is C4H5F2N3. The van der Waals surface area contributed by atoms with Gasteiger partial charge in [0.1, 0.15) is 19.2 Å². The summed E-state index contributed by atoms with van der Waals surface area (Å²) in [5, 5.41) is 3.48. The first-order chi connectivity index (χ1) is 4.29. The van der Waals surface area contributed by atoms with E-state index in [1.165, 1.54) is 12.7 Å². The minimum Gasteiger partial charge on any atom is -0.247 e. The molecule has 0 radical (unpaired) electrons. The van der Waals surface area contributed by atoms with E-state index in [1.54, 1.807) is 0 Å². The Labute approximate surface area is 50.3 Å². The lowest BCUT2D eigenvalue weighted by Crippen LogP contribution is -2.06. The largest absolute Gasteiger partial charge is 0.257 e. The van der Waals surface area contributed by atoms with Gasteiger partial charge in [-0.2, -0.15) is 5.10 Å². The van der Waals surface area contributed by atoms with Gasteiger partial charge in [0.2, 0.25) is 0 Å². The number of nitrogens with zero attached hydrogens (tertiary/aromatic N) is 3. The minimum absolute atomic E-state index is 0.375. The van der Waals surface area contributed by atoms with E-state index < -0.39 is 6.43 Å². The first-order valence-electron chi connectivity index (χ1n) is 2.39. The monoisotopic (exact) mass is 133 g/mol. The fraction of sp³-hybridized carbons (Fsp3) is 0.500. The topological polar surface area (TPSA) is 30.7 Å². The Balaban J connectivity index is 2.48. The molecule has 0 fully saturated rings. The molecule has 0 aliphatic carbocycles. The highest BCUT2D eigenvalue weighted by Crippen LogP contribution is 1.94. The van der Waals surface area contributed by atoms with Crippen LogP contribution in [0.1, 0.15) is 0 Å². The summed E-state index contributed by atoms with van der Waals surface area (Å²) < 4.78 is 24.1. The fourth-order valence-electron chi connectivity index (χ4n) is 0.468. The fourth-order valence-corrected chi connectivity index (χ4v) is 0.468. The van der Waals surface area contributed by atoms with Gasteiger partial charge >= 0.3 is 0 Å². The summed E-state index contributed by atoms with van der Waals surface area (Å²) >= 11 is 0. The zero-order valence-electron chi connectivity index (χ0n) is 4.54. The van der Waals surface area contributed by atoms with Gasteiger partial charge in [-0.25, -0.2) is 18.4 Å². The van der Waals surface area contributed by atoms with Gasteiger partial charge in [0, 0.05) is 0 Å².